The summed E-state index contributed by atoms with van der Waals surface area (Å²) in [6, 6.07) is 11.9. The number of aromatic hydroxyl groups is 1. The molecule has 0 bridgehead atoms. The quantitative estimate of drug-likeness (QED) is 0.422. The zero-order valence-electron chi connectivity index (χ0n) is 16.0. The molecule has 4 rings (SSSR count). The van der Waals surface area contributed by atoms with Crippen LogP contribution in [0.25, 0.3) is 11.6 Å². The lowest BCUT2D eigenvalue weighted by Crippen LogP contribution is -2.03. The first-order chi connectivity index (χ1) is 14.5. The smallest absolute Gasteiger partial charge is 0.256 e. The Morgan fingerprint density at radius 1 is 1.23 bits per heavy atom. The predicted molar refractivity (Wildman–Crippen MR) is 118 cm³/mol. The minimum absolute atomic E-state index is 0.000345. The number of hydrogen-bond donors (Lipinski definition) is 2. The van der Waals surface area contributed by atoms with Crippen LogP contribution in [0.5, 0.6) is 11.5 Å². The molecule has 1 amide bonds. The maximum Gasteiger partial charge on any atom is 0.256 e. The van der Waals surface area contributed by atoms with Gasteiger partial charge in [0.15, 0.2) is 17.3 Å². The van der Waals surface area contributed by atoms with Crippen LogP contribution >= 0.6 is 15.9 Å². The number of phenolic OH excluding ortho intramolecular Hbond substituents is 1. The largest absolute Gasteiger partial charge is 0.503 e. The van der Waals surface area contributed by atoms with E-state index in [1.165, 1.54) is 6.20 Å². The van der Waals surface area contributed by atoms with Gasteiger partial charge in [0, 0.05) is 40.3 Å². The normalized spacial score (nSPS) is 13.8. The summed E-state index contributed by atoms with van der Waals surface area (Å²) in [5.41, 5.74) is 3.31. The van der Waals surface area contributed by atoms with Crippen molar-refractivity contribution >= 4 is 45.0 Å². The highest BCUT2D eigenvalue weighted by molar-refractivity contribution is 9.10. The second-order valence-electron chi connectivity index (χ2n) is 6.63. The van der Waals surface area contributed by atoms with Crippen molar-refractivity contribution in [1.29, 1.82) is 0 Å². The fraction of sp³-hybridized carbons (Fsp3) is 0.0870. The number of fused-ring (bicyclic) bond motifs is 1. The molecule has 0 saturated heterocycles. The van der Waals surface area contributed by atoms with Gasteiger partial charge in [0.05, 0.1) is 11.1 Å². The average Bonchev–Trinajstić information content (AvgIpc) is 3.06. The number of ketones is 1. The summed E-state index contributed by atoms with van der Waals surface area (Å²) in [5.74, 6) is -0.119. The fourth-order valence-corrected chi connectivity index (χ4v) is 3.71. The van der Waals surface area contributed by atoms with E-state index in [-0.39, 0.29) is 17.4 Å². The van der Waals surface area contributed by atoms with Gasteiger partial charge in [0.2, 0.25) is 0 Å². The minimum Gasteiger partial charge on any atom is -0.503 e. The minimum atomic E-state index is -0.266. The van der Waals surface area contributed by atoms with Crippen molar-refractivity contribution < 1.29 is 19.4 Å². The van der Waals surface area contributed by atoms with Gasteiger partial charge in [-0.3, -0.25) is 14.6 Å². The van der Waals surface area contributed by atoms with E-state index in [0.29, 0.717) is 50.3 Å². The van der Waals surface area contributed by atoms with Gasteiger partial charge in [-0.05, 0) is 77.0 Å². The van der Waals surface area contributed by atoms with Crippen LogP contribution in [0.2, 0.25) is 0 Å². The number of benzene rings is 2. The van der Waals surface area contributed by atoms with E-state index in [4.69, 9.17) is 4.74 Å². The van der Waals surface area contributed by atoms with Crippen LogP contribution in [0.3, 0.4) is 0 Å². The third kappa shape index (κ3) is 3.71. The Morgan fingerprint density at radius 3 is 2.80 bits per heavy atom. The molecule has 3 aromatic rings. The number of nitrogens with zero attached hydrogens (tertiary/aromatic N) is 1. The Balaban J connectivity index is 1.76. The summed E-state index contributed by atoms with van der Waals surface area (Å²) in [7, 11) is 0. The van der Waals surface area contributed by atoms with Gasteiger partial charge in [-0.25, -0.2) is 0 Å². The SMILES string of the molecule is CCOc1cc(C=C2C(=O)Nc3ccc(C(=O)c4cccnc4)cc32)cc(Br)c1O. The van der Waals surface area contributed by atoms with Crippen molar-refractivity contribution in [2.45, 2.75) is 6.92 Å². The van der Waals surface area contributed by atoms with Crippen molar-refractivity contribution in [2.75, 3.05) is 11.9 Å². The van der Waals surface area contributed by atoms with E-state index in [2.05, 4.69) is 26.2 Å². The molecule has 6 nitrogen and oxygen atoms in total. The van der Waals surface area contributed by atoms with Crippen LogP contribution in [0.1, 0.15) is 34.0 Å². The average molecular weight is 465 g/mol. The van der Waals surface area contributed by atoms with Crippen LogP contribution in [-0.4, -0.2) is 28.4 Å². The van der Waals surface area contributed by atoms with E-state index in [0.717, 1.165) is 0 Å². The van der Waals surface area contributed by atoms with Crippen molar-refractivity contribution in [3.05, 3.63) is 81.6 Å². The third-order valence-electron chi connectivity index (χ3n) is 4.65. The summed E-state index contributed by atoms with van der Waals surface area (Å²) in [5, 5.41) is 12.9. The number of pyridine rings is 1. The van der Waals surface area contributed by atoms with Crippen molar-refractivity contribution in [3.8, 4) is 11.5 Å². The summed E-state index contributed by atoms with van der Waals surface area (Å²) < 4.78 is 5.92. The van der Waals surface area contributed by atoms with Gasteiger partial charge in [-0.15, -0.1) is 0 Å². The Morgan fingerprint density at radius 2 is 2.07 bits per heavy atom. The van der Waals surface area contributed by atoms with Gasteiger partial charge < -0.3 is 15.2 Å². The predicted octanol–water partition coefficient (Wildman–Crippen LogP) is 4.67. The summed E-state index contributed by atoms with van der Waals surface area (Å²) in [6.45, 7) is 2.21. The van der Waals surface area contributed by atoms with E-state index in [1.807, 2.05) is 6.92 Å². The molecular formula is C23H17BrN2O4. The zero-order chi connectivity index (χ0) is 21.3. The molecule has 1 aromatic heterocycles. The van der Waals surface area contributed by atoms with Gasteiger partial charge >= 0.3 is 0 Å². The maximum atomic E-state index is 12.8. The Labute approximate surface area is 181 Å². The van der Waals surface area contributed by atoms with Crippen LogP contribution < -0.4 is 10.1 Å². The standard InChI is InChI=1S/C23H17BrN2O4/c1-2-30-20-10-13(9-18(24)22(20)28)8-17-16-11-14(5-6-19(16)26-23(17)29)21(27)15-4-3-7-25-12-15/h3-12,28H,2H2,1H3,(H,26,29). The lowest BCUT2D eigenvalue weighted by Gasteiger charge is -2.09. The third-order valence-corrected chi connectivity index (χ3v) is 5.25. The molecule has 2 aromatic carbocycles. The molecule has 0 radical (unpaired) electrons. The molecule has 0 atom stereocenters. The lowest BCUT2D eigenvalue weighted by atomic mass is 9.98. The Hall–Kier alpha value is -3.45. The number of halogens is 1. The second kappa shape index (κ2) is 8.12. The maximum absolute atomic E-state index is 12.8. The highest BCUT2D eigenvalue weighted by Crippen LogP contribution is 2.38. The number of phenols is 1. The van der Waals surface area contributed by atoms with Crippen LogP contribution in [0.15, 0.2) is 59.3 Å². The van der Waals surface area contributed by atoms with Crippen LogP contribution in [0, 0.1) is 0 Å². The molecule has 2 N–H and O–H groups in total. The molecule has 0 unspecified atom stereocenters. The second-order valence-corrected chi connectivity index (χ2v) is 7.48. The first-order valence-electron chi connectivity index (χ1n) is 9.25. The Kier molecular flexibility index (Phi) is 5.37. The molecule has 30 heavy (non-hydrogen) atoms. The molecule has 150 valence electrons. The number of anilines is 1. The summed E-state index contributed by atoms with van der Waals surface area (Å²) >= 11 is 3.31. The van der Waals surface area contributed by atoms with Gasteiger partial charge in [-0.2, -0.15) is 0 Å². The van der Waals surface area contributed by atoms with Gasteiger partial charge in [-0.1, -0.05) is 0 Å². The molecule has 0 spiro atoms. The van der Waals surface area contributed by atoms with E-state index in [9.17, 15) is 14.7 Å². The number of carbonyl (C=O) groups is 2. The summed E-state index contributed by atoms with van der Waals surface area (Å²) in [4.78, 5) is 29.3. The molecule has 0 aliphatic carbocycles. The number of ether oxygens (including phenoxy) is 1. The number of rotatable bonds is 5. The number of aromatic nitrogens is 1. The van der Waals surface area contributed by atoms with Crippen LogP contribution in [0.4, 0.5) is 5.69 Å². The molecule has 1 aliphatic rings. The number of hydrogen-bond acceptors (Lipinski definition) is 5. The Bertz CT molecular complexity index is 1190. The highest BCUT2D eigenvalue weighted by Gasteiger charge is 2.26. The number of carbonyl (C=O) groups excluding carboxylic acids is 2. The van der Waals surface area contributed by atoms with Crippen molar-refractivity contribution in [1.82, 2.24) is 4.98 Å². The first kappa shape index (κ1) is 19.8. The molecule has 0 saturated carbocycles. The lowest BCUT2D eigenvalue weighted by molar-refractivity contribution is -0.110. The molecule has 0 fully saturated rings. The fourth-order valence-electron chi connectivity index (χ4n) is 3.25. The monoisotopic (exact) mass is 464 g/mol. The van der Waals surface area contributed by atoms with E-state index >= 15 is 0 Å². The van der Waals surface area contributed by atoms with Gasteiger partial charge in [0.25, 0.3) is 5.91 Å². The molecule has 7 heteroatoms. The van der Waals surface area contributed by atoms with Gasteiger partial charge in [0.1, 0.15) is 0 Å². The zero-order valence-corrected chi connectivity index (χ0v) is 17.6. The number of amides is 1. The van der Waals surface area contributed by atoms with Crippen LogP contribution in [-0.2, 0) is 4.79 Å². The van der Waals surface area contributed by atoms with Crippen molar-refractivity contribution in [3.63, 3.8) is 0 Å². The number of nitrogens with one attached hydrogen (secondary N) is 1. The van der Waals surface area contributed by atoms with E-state index in [1.54, 1.807) is 54.7 Å². The molecule has 1 aliphatic heterocycles. The highest BCUT2D eigenvalue weighted by atomic mass is 79.9. The van der Waals surface area contributed by atoms with Crippen molar-refractivity contribution in [2.24, 2.45) is 0 Å². The van der Waals surface area contributed by atoms with E-state index < -0.39 is 0 Å². The summed E-state index contributed by atoms with van der Waals surface area (Å²) in [6.07, 6.45) is 4.82. The topological polar surface area (TPSA) is 88.5 Å². The molecular weight excluding hydrogens is 448 g/mol. The molecule has 2 heterocycles. The first-order valence-corrected chi connectivity index (χ1v) is 10.0.